The summed E-state index contributed by atoms with van der Waals surface area (Å²) in [6.45, 7) is 6.27. The van der Waals surface area contributed by atoms with Crippen LogP contribution in [0.1, 0.15) is 86.3 Å². The van der Waals surface area contributed by atoms with Gasteiger partial charge in [0.1, 0.15) is 17.7 Å². The molecule has 3 aliphatic rings. The molecule has 1 saturated heterocycles. The van der Waals surface area contributed by atoms with Gasteiger partial charge < -0.3 is 14.2 Å². The molecule has 1 saturated carbocycles. The molecule has 3 heterocycles. The number of pyridine rings is 1. The summed E-state index contributed by atoms with van der Waals surface area (Å²) in [5.74, 6) is 1.21. The summed E-state index contributed by atoms with van der Waals surface area (Å²) in [5, 5.41) is 0. The Bertz CT molecular complexity index is 1450. The van der Waals surface area contributed by atoms with Crippen molar-refractivity contribution in [2.45, 2.75) is 70.4 Å². The molecule has 7 heteroatoms. The van der Waals surface area contributed by atoms with Crippen LogP contribution in [-0.2, 0) is 16.0 Å². The van der Waals surface area contributed by atoms with E-state index >= 15 is 4.39 Å². The molecule has 2 unspecified atom stereocenters. The van der Waals surface area contributed by atoms with E-state index in [1.54, 1.807) is 13.2 Å². The highest BCUT2D eigenvalue weighted by molar-refractivity contribution is 5.73. The number of aromatic nitrogens is 1. The minimum Gasteiger partial charge on any atom is -0.485 e. The van der Waals surface area contributed by atoms with Crippen molar-refractivity contribution in [2.24, 2.45) is 11.8 Å². The van der Waals surface area contributed by atoms with Crippen LogP contribution in [0.5, 0.6) is 11.6 Å². The van der Waals surface area contributed by atoms with Crippen molar-refractivity contribution in [1.29, 1.82) is 0 Å². The van der Waals surface area contributed by atoms with Crippen LogP contribution in [-0.4, -0.2) is 43.2 Å². The molecule has 0 radical (unpaired) electrons. The van der Waals surface area contributed by atoms with Crippen molar-refractivity contribution in [3.8, 4) is 22.8 Å². The topological polar surface area (TPSA) is 60.9 Å². The number of aryl methyl sites for hydroxylation is 1. The fourth-order valence-corrected chi connectivity index (χ4v) is 7.02. The van der Waals surface area contributed by atoms with Crippen molar-refractivity contribution in [2.75, 3.05) is 27.3 Å². The Morgan fingerprint density at radius 3 is 2.52 bits per heavy atom. The number of nitrogens with zero attached hydrogens (tertiary/aromatic N) is 2. The first-order chi connectivity index (χ1) is 20.4. The molecule has 1 aromatic heterocycles. The van der Waals surface area contributed by atoms with Crippen LogP contribution in [0.2, 0.25) is 0 Å². The van der Waals surface area contributed by atoms with Gasteiger partial charge in [-0.1, -0.05) is 31.2 Å². The van der Waals surface area contributed by atoms with Gasteiger partial charge in [0.25, 0.3) is 0 Å². The molecule has 6 rings (SSSR count). The molecule has 0 amide bonds. The van der Waals surface area contributed by atoms with Gasteiger partial charge in [-0.25, -0.2) is 9.37 Å². The van der Waals surface area contributed by atoms with Gasteiger partial charge in [0.2, 0.25) is 5.88 Å². The summed E-state index contributed by atoms with van der Waals surface area (Å²) in [7, 11) is 3.01. The fourth-order valence-electron chi connectivity index (χ4n) is 7.02. The first-order valence-corrected chi connectivity index (χ1v) is 15.3. The average molecular weight is 573 g/mol. The number of ether oxygens (including phenoxy) is 3. The SMILES string of the molecule is COC(=O)[C@@H](C)[C@H](c1ccc2c(c1)OC(c1ccc(-c3cc(OC)ncc3F)c(C(C)N3CCCC3)c1)CC2)C1CC1. The second-order valence-electron chi connectivity index (χ2n) is 12.2. The minimum absolute atomic E-state index is 0.111. The van der Waals surface area contributed by atoms with Gasteiger partial charge in [-0.15, -0.1) is 0 Å². The smallest absolute Gasteiger partial charge is 0.309 e. The molecule has 0 spiro atoms. The Morgan fingerprint density at radius 2 is 1.81 bits per heavy atom. The average Bonchev–Trinajstić information content (AvgIpc) is 3.70. The van der Waals surface area contributed by atoms with E-state index in [9.17, 15) is 4.79 Å². The summed E-state index contributed by atoms with van der Waals surface area (Å²) >= 11 is 0. The van der Waals surface area contributed by atoms with Crippen LogP contribution in [0, 0.1) is 17.7 Å². The molecular weight excluding hydrogens is 531 g/mol. The number of carbonyl (C=O) groups excluding carboxylic acids is 1. The van der Waals surface area contributed by atoms with Gasteiger partial charge in [0.15, 0.2) is 0 Å². The zero-order valence-corrected chi connectivity index (χ0v) is 25.1. The first kappa shape index (κ1) is 28.7. The Hall–Kier alpha value is -3.45. The monoisotopic (exact) mass is 572 g/mol. The van der Waals surface area contributed by atoms with E-state index in [2.05, 4.69) is 47.1 Å². The molecule has 2 aromatic carbocycles. The van der Waals surface area contributed by atoms with E-state index in [0.717, 1.165) is 66.8 Å². The minimum atomic E-state index is -0.361. The van der Waals surface area contributed by atoms with E-state index < -0.39 is 0 Å². The number of fused-ring (bicyclic) bond motifs is 1. The van der Waals surface area contributed by atoms with Crippen molar-refractivity contribution in [3.63, 3.8) is 0 Å². The number of hydrogen-bond acceptors (Lipinski definition) is 6. The highest BCUT2D eigenvalue weighted by Gasteiger charge is 2.39. The molecule has 0 N–H and O–H groups in total. The largest absolute Gasteiger partial charge is 0.485 e. The lowest BCUT2D eigenvalue weighted by molar-refractivity contribution is -0.145. The Balaban J connectivity index is 1.33. The lowest BCUT2D eigenvalue weighted by Crippen LogP contribution is -2.24. The van der Waals surface area contributed by atoms with Gasteiger partial charge in [-0.05, 0) is 110 Å². The highest BCUT2D eigenvalue weighted by atomic mass is 19.1. The summed E-state index contributed by atoms with van der Waals surface area (Å²) < 4.78 is 32.3. The molecule has 42 heavy (non-hydrogen) atoms. The van der Waals surface area contributed by atoms with Crippen LogP contribution >= 0.6 is 0 Å². The number of esters is 1. The van der Waals surface area contributed by atoms with Crippen molar-refractivity contribution in [1.82, 2.24) is 9.88 Å². The zero-order chi connectivity index (χ0) is 29.4. The van der Waals surface area contributed by atoms with Crippen LogP contribution in [0.3, 0.4) is 0 Å². The van der Waals surface area contributed by atoms with Gasteiger partial charge in [-0.3, -0.25) is 9.69 Å². The molecule has 4 atom stereocenters. The summed E-state index contributed by atoms with van der Waals surface area (Å²) in [6, 6.07) is 14.6. The third-order valence-corrected chi connectivity index (χ3v) is 9.58. The van der Waals surface area contributed by atoms with Gasteiger partial charge in [0, 0.05) is 17.7 Å². The molecule has 6 nitrogen and oxygen atoms in total. The second-order valence-corrected chi connectivity index (χ2v) is 12.2. The molecule has 0 bridgehead atoms. The quantitative estimate of drug-likeness (QED) is 0.249. The number of methoxy groups -OCH3 is 2. The predicted molar refractivity (Wildman–Crippen MR) is 160 cm³/mol. The van der Waals surface area contributed by atoms with Crippen molar-refractivity contribution in [3.05, 3.63) is 76.7 Å². The van der Waals surface area contributed by atoms with E-state index in [1.807, 2.05) is 13.0 Å². The van der Waals surface area contributed by atoms with E-state index in [4.69, 9.17) is 14.2 Å². The summed E-state index contributed by atoms with van der Waals surface area (Å²) in [5.41, 5.74) is 5.89. The Morgan fingerprint density at radius 1 is 1.02 bits per heavy atom. The number of carbonyl (C=O) groups is 1. The number of likely N-dealkylation sites (tertiary alicyclic amines) is 1. The van der Waals surface area contributed by atoms with Gasteiger partial charge in [0.05, 0.1) is 26.3 Å². The molecule has 3 aromatic rings. The van der Waals surface area contributed by atoms with Gasteiger partial charge in [-0.2, -0.15) is 0 Å². The standard InChI is InChI=1S/C35H41FN2O4/c1-21(35(39)41-4)34(24-8-9-24)26-10-7-23-12-14-31(42-32(23)18-26)25-11-13-27(29-19-33(40-3)37-20-30(29)36)28(17-25)22(2)38-15-5-6-16-38/h7,10-11,13,17-22,24,31,34H,5-6,8-9,12,14-16H2,1-4H3/t21-,22?,31?,34-/m0/s1. The maximum absolute atomic E-state index is 15.1. The number of hydrogen-bond donors (Lipinski definition) is 0. The highest BCUT2D eigenvalue weighted by Crippen LogP contribution is 2.49. The van der Waals surface area contributed by atoms with Crippen LogP contribution in [0.25, 0.3) is 11.1 Å². The van der Waals surface area contributed by atoms with E-state index in [1.165, 1.54) is 31.7 Å². The van der Waals surface area contributed by atoms with E-state index in [-0.39, 0.29) is 35.8 Å². The number of benzene rings is 2. The van der Waals surface area contributed by atoms with Crippen molar-refractivity contribution >= 4 is 5.97 Å². The first-order valence-electron chi connectivity index (χ1n) is 15.3. The Labute approximate surface area is 248 Å². The van der Waals surface area contributed by atoms with Crippen molar-refractivity contribution < 1.29 is 23.4 Å². The van der Waals surface area contributed by atoms with Gasteiger partial charge >= 0.3 is 5.97 Å². The predicted octanol–water partition coefficient (Wildman–Crippen LogP) is 7.42. The molecule has 222 valence electrons. The lowest BCUT2D eigenvalue weighted by atomic mass is 9.82. The third-order valence-electron chi connectivity index (χ3n) is 9.58. The van der Waals surface area contributed by atoms with E-state index in [0.29, 0.717) is 17.4 Å². The zero-order valence-electron chi connectivity index (χ0n) is 25.1. The van der Waals surface area contributed by atoms with Crippen LogP contribution in [0.15, 0.2) is 48.7 Å². The Kier molecular flexibility index (Phi) is 8.22. The maximum Gasteiger partial charge on any atom is 0.309 e. The third kappa shape index (κ3) is 5.63. The molecule has 1 aliphatic carbocycles. The number of rotatable bonds is 9. The normalized spacial score (nSPS) is 20.7. The summed E-state index contributed by atoms with van der Waals surface area (Å²) in [4.78, 5) is 19.0. The molecular formula is C35H41FN2O4. The second kappa shape index (κ2) is 12.0. The number of halogens is 1. The van der Waals surface area contributed by atoms with Crippen LogP contribution in [0.4, 0.5) is 4.39 Å². The molecule has 2 fully saturated rings. The summed E-state index contributed by atoms with van der Waals surface area (Å²) in [6.07, 6.45) is 7.54. The fraction of sp³-hybridized carbons (Fsp3) is 0.486. The maximum atomic E-state index is 15.1. The molecule has 2 aliphatic heterocycles. The van der Waals surface area contributed by atoms with Crippen LogP contribution < -0.4 is 9.47 Å². The lowest BCUT2D eigenvalue weighted by Gasteiger charge is -2.31.